The molecule has 1 aliphatic carbocycles. The van der Waals surface area contributed by atoms with Gasteiger partial charge in [-0.25, -0.2) is 0 Å². The number of fused-ring (bicyclic) bond motifs is 3. The van der Waals surface area contributed by atoms with Crippen LogP contribution in [0.1, 0.15) is 17.2 Å². The van der Waals surface area contributed by atoms with Gasteiger partial charge in [-0.1, -0.05) is 0 Å². The van der Waals surface area contributed by atoms with Gasteiger partial charge in [0.2, 0.25) is 0 Å². The van der Waals surface area contributed by atoms with Crippen molar-refractivity contribution in [3.05, 3.63) is 58.4 Å². The van der Waals surface area contributed by atoms with Gasteiger partial charge in [-0.3, -0.25) is 0 Å². The molecule has 2 aromatic rings. The Bertz CT molecular complexity index is 778. The third-order valence-electron chi connectivity index (χ3n) is 3.34. The molecule has 1 atom stereocenters. The molecule has 0 bridgehead atoms. The van der Waals surface area contributed by atoms with Gasteiger partial charge in [0.15, 0.2) is 0 Å². The van der Waals surface area contributed by atoms with Crippen molar-refractivity contribution in [2.24, 2.45) is 0 Å². The normalized spacial score (nSPS) is 15.4. The molecule has 0 radical (unpaired) electrons. The van der Waals surface area contributed by atoms with Gasteiger partial charge in [-0.15, -0.1) is 0 Å². The van der Waals surface area contributed by atoms with E-state index in [4.69, 9.17) is 3.79 Å². The van der Waals surface area contributed by atoms with Crippen molar-refractivity contribution in [3.63, 3.8) is 0 Å². The quantitative estimate of drug-likeness (QED) is 0.367. The monoisotopic (exact) mass is 314 g/mol. The summed E-state index contributed by atoms with van der Waals surface area (Å²) in [4.78, 5) is 0. The Balaban J connectivity index is 2.46. The molecule has 1 unspecified atom stereocenters. The summed E-state index contributed by atoms with van der Waals surface area (Å²) in [5, 5.41) is 0. The van der Waals surface area contributed by atoms with E-state index in [2.05, 4.69) is 0 Å². The van der Waals surface area contributed by atoms with Crippen molar-refractivity contribution in [2.75, 3.05) is 0 Å². The topological polar surface area (TPSA) is 26.3 Å². The molecule has 21 heavy (non-hydrogen) atoms. The van der Waals surface area contributed by atoms with Crippen LogP contribution in [-0.4, -0.2) is 15.5 Å². The fraction of sp³-hybridized carbons (Fsp3) is 0.0769. The van der Waals surface area contributed by atoms with Crippen LogP contribution < -0.4 is 0 Å². The zero-order valence-electron chi connectivity index (χ0n) is 10.1. The summed E-state index contributed by atoms with van der Waals surface area (Å²) in [6, 6.07) is 3.50. The predicted molar refractivity (Wildman–Crippen MR) is 61.0 cm³/mol. The molecule has 0 aliphatic heterocycles. The van der Waals surface area contributed by atoms with Crippen molar-refractivity contribution in [1.29, 1.82) is 0 Å². The summed E-state index contributed by atoms with van der Waals surface area (Å²) in [5.74, 6) is -8.38. The molecule has 0 amide bonds. The summed E-state index contributed by atoms with van der Waals surface area (Å²) in [5.41, 5.74) is -1.87. The maximum absolute atomic E-state index is 13.9. The van der Waals surface area contributed by atoms with E-state index in [1.54, 1.807) is 0 Å². The maximum atomic E-state index is 13.9. The first-order chi connectivity index (χ1) is 9.99. The Labute approximate surface area is 121 Å². The van der Waals surface area contributed by atoms with Gasteiger partial charge in [0, 0.05) is 0 Å². The number of rotatable bonds is 2. The van der Waals surface area contributed by atoms with Crippen LogP contribution in [0, 0.1) is 29.1 Å². The third-order valence-corrected chi connectivity index (χ3v) is 3.72. The zero-order valence-corrected chi connectivity index (χ0v) is 11.2. The summed E-state index contributed by atoms with van der Waals surface area (Å²) in [7, 11) is 0. The summed E-state index contributed by atoms with van der Waals surface area (Å²) in [6.45, 7) is 0. The summed E-state index contributed by atoms with van der Waals surface area (Å²) in [6.07, 6.45) is -1.44. The van der Waals surface area contributed by atoms with Crippen LogP contribution in [0.3, 0.4) is 0 Å². The zero-order chi connectivity index (χ0) is 15.3. The van der Waals surface area contributed by atoms with Gasteiger partial charge >= 0.3 is 121 Å². The Hall–Kier alpha value is -1.78. The molecule has 2 aromatic carbocycles. The van der Waals surface area contributed by atoms with E-state index < -0.39 is 67.4 Å². The van der Waals surface area contributed by atoms with Crippen molar-refractivity contribution in [2.45, 2.75) is 6.10 Å². The van der Waals surface area contributed by atoms with Crippen LogP contribution in [0.15, 0.2) is 18.2 Å². The predicted octanol–water partition coefficient (Wildman–Crippen LogP) is 3.43. The fourth-order valence-corrected chi connectivity index (χ4v) is 2.91. The molecule has 2 nitrogen and oxygen atoms in total. The van der Waals surface area contributed by atoms with E-state index in [9.17, 15) is 25.8 Å². The molecule has 0 N–H and O–H groups in total. The molecule has 0 fully saturated rings. The third kappa shape index (κ3) is 1.83. The second-order valence-electron chi connectivity index (χ2n) is 4.36. The Morgan fingerprint density at radius 3 is 2.24 bits per heavy atom. The van der Waals surface area contributed by atoms with E-state index in [0.29, 0.717) is 0 Å². The van der Waals surface area contributed by atoms with Gasteiger partial charge in [0.1, 0.15) is 0 Å². The van der Waals surface area contributed by atoms with E-state index in [1.807, 2.05) is 0 Å². The van der Waals surface area contributed by atoms with Crippen LogP contribution in [0.4, 0.5) is 22.0 Å². The molecule has 106 valence electrons. The average molecular weight is 314 g/mol. The van der Waals surface area contributed by atoms with Crippen LogP contribution in [0.2, 0.25) is 0 Å². The molecule has 8 heteroatoms. The minimum absolute atomic E-state index is 0.0313. The molecule has 0 spiro atoms. The SMILES string of the molecule is [O]=[Al][O]C1c2cccc(F)c2-c2c(F)c(F)c(F)c(F)c21. The Kier molecular flexibility index (Phi) is 3.30. The molecular formula is C13H4AlF5O2. The number of halogens is 5. The first kappa shape index (κ1) is 14.2. The molecule has 0 saturated carbocycles. The van der Waals surface area contributed by atoms with E-state index in [1.165, 1.54) is 12.1 Å². The standard InChI is InChI=1S/C13H4F5O.Al.O/c14-5-3-1-2-4-6(5)7-8(13(4)19)10(16)12(18)11(17)9(7)15;;/h1-3,13H;;/q-1;+1;. The number of benzene rings is 2. The summed E-state index contributed by atoms with van der Waals surface area (Å²) >= 11 is -1.86. The first-order valence-electron chi connectivity index (χ1n) is 5.72. The Morgan fingerprint density at radius 2 is 1.57 bits per heavy atom. The van der Waals surface area contributed by atoms with E-state index in [-0.39, 0.29) is 5.56 Å². The number of hydrogen-bond acceptors (Lipinski definition) is 2. The van der Waals surface area contributed by atoms with Crippen LogP contribution in [0.25, 0.3) is 11.1 Å². The molecule has 0 aromatic heterocycles. The minimum atomic E-state index is -2.03. The van der Waals surface area contributed by atoms with Gasteiger partial charge < -0.3 is 0 Å². The second kappa shape index (κ2) is 4.90. The van der Waals surface area contributed by atoms with Crippen molar-refractivity contribution in [1.82, 2.24) is 0 Å². The van der Waals surface area contributed by atoms with Gasteiger partial charge in [-0.05, 0) is 0 Å². The van der Waals surface area contributed by atoms with Gasteiger partial charge in [0.05, 0.1) is 0 Å². The average Bonchev–Trinajstić information content (AvgIpc) is 2.80. The van der Waals surface area contributed by atoms with Crippen molar-refractivity contribution < 1.29 is 29.5 Å². The van der Waals surface area contributed by atoms with Crippen LogP contribution in [0.5, 0.6) is 0 Å². The molecule has 0 heterocycles. The molecular weight excluding hydrogens is 310 g/mol. The van der Waals surface area contributed by atoms with Gasteiger partial charge in [0.25, 0.3) is 0 Å². The van der Waals surface area contributed by atoms with E-state index >= 15 is 0 Å². The molecule has 1 aliphatic rings. The van der Waals surface area contributed by atoms with Crippen molar-refractivity contribution >= 4 is 15.5 Å². The second-order valence-corrected chi connectivity index (χ2v) is 4.83. The fourth-order valence-electron chi connectivity index (χ4n) is 2.51. The van der Waals surface area contributed by atoms with Crippen LogP contribution >= 0.6 is 0 Å². The van der Waals surface area contributed by atoms with Crippen LogP contribution in [-0.2, 0) is 7.59 Å². The Morgan fingerprint density at radius 1 is 0.905 bits per heavy atom. The van der Waals surface area contributed by atoms with E-state index in [0.717, 1.165) is 6.07 Å². The first-order valence-corrected chi connectivity index (χ1v) is 6.67. The molecule has 0 saturated heterocycles. The van der Waals surface area contributed by atoms with Crippen molar-refractivity contribution in [3.8, 4) is 11.1 Å². The summed E-state index contributed by atoms with van der Waals surface area (Å²) < 4.78 is 84.1. The molecule has 3 rings (SSSR count). The van der Waals surface area contributed by atoms with Gasteiger partial charge in [-0.2, -0.15) is 0 Å². The number of hydrogen-bond donors (Lipinski definition) is 0.